The minimum absolute atomic E-state index is 0.121. The number of rotatable bonds is 3. The van der Waals surface area contributed by atoms with E-state index in [2.05, 4.69) is 30.2 Å². The quantitative estimate of drug-likeness (QED) is 0.762. The largest absolute Gasteiger partial charge is 0.490 e. The van der Waals surface area contributed by atoms with E-state index in [4.69, 9.17) is 14.6 Å². The molecule has 0 saturated carbocycles. The van der Waals surface area contributed by atoms with Gasteiger partial charge < -0.3 is 20.1 Å². The third kappa shape index (κ3) is 5.75. The van der Waals surface area contributed by atoms with Crippen molar-refractivity contribution in [2.45, 2.75) is 37.1 Å². The van der Waals surface area contributed by atoms with E-state index in [1.807, 2.05) is 12.1 Å². The second-order valence-electron chi connectivity index (χ2n) is 6.99. The van der Waals surface area contributed by atoms with Crippen LogP contribution in [0.5, 0.6) is 0 Å². The fourth-order valence-corrected chi connectivity index (χ4v) is 3.50. The standard InChI is InChI=1S/C16H20N6O.C2HF3O2/c1-4-16(12-22(9-1)15-19-7-3-8-20-15)10-13(11-23-16)21-14-17-5-2-6-18-14;3-2(4,5)1(6)7/h2-3,5-8,13H,1,4,9-12H2,(H,17,18,21);(H,6,7). The number of carboxylic acids is 1. The molecule has 0 amide bonds. The highest BCUT2D eigenvalue weighted by Crippen LogP contribution is 2.36. The molecule has 30 heavy (non-hydrogen) atoms. The molecule has 2 aliphatic rings. The number of nitrogens with one attached hydrogen (secondary N) is 1. The lowest BCUT2D eigenvalue weighted by Crippen LogP contribution is -2.48. The summed E-state index contributed by atoms with van der Waals surface area (Å²) in [5.74, 6) is -1.30. The number of piperidine rings is 1. The lowest BCUT2D eigenvalue weighted by Gasteiger charge is -2.39. The molecule has 2 aromatic rings. The minimum atomic E-state index is -5.08. The average Bonchev–Trinajstić information content (AvgIpc) is 3.10. The topological polar surface area (TPSA) is 113 Å². The van der Waals surface area contributed by atoms with Crippen LogP contribution in [-0.4, -0.2) is 68.5 Å². The SMILES string of the molecule is O=C(O)C(F)(F)F.c1cnc(NC2COC3(CCCN(c4ncccn4)C3)C2)nc1. The Kier molecular flexibility index (Phi) is 6.65. The van der Waals surface area contributed by atoms with Crippen LogP contribution in [0.3, 0.4) is 0 Å². The second kappa shape index (κ2) is 9.20. The molecular formula is C18H21F3N6O3. The van der Waals surface area contributed by atoms with Crippen molar-refractivity contribution < 1.29 is 27.8 Å². The van der Waals surface area contributed by atoms with Crippen LogP contribution in [0.2, 0.25) is 0 Å². The lowest BCUT2D eigenvalue weighted by molar-refractivity contribution is -0.192. The summed E-state index contributed by atoms with van der Waals surface area (Å²) in [7, 11) is 0. The molecule has 2 fully saturated rings. The monoisotopic (exact) mass is 426 g/mol. The van der Waals surface area contributed by atoms with Gasteiger partial charge in [-0.3, -0.25) is 0 Å². The number of nitrogens with zero attached hydrogens (tertiary/aromatic N) is 5. The van der Waals surface area contributed by atoms with Gasteiger partial charge in [0, 0.05) is 44.3 Å². The molecule has 2 saturated heterocycles. The number of alkyl halides is 3. The fourth-order valence-electron chi connectivity index (χ4n) is 3.50. The molecule has 2 unspecified atom stereocenters. The molecular weight excluding hydrogens is 405 g/mol. The van der Waals surface area contributed by atoms with Gasteiger partial charge in [-0.15, -0.1) is 0 Å². The van der Waals surface area contributed by atoms with Gasteiger partial charge in [0.1, 0.15) is 0 Å². The van der Waals surface area contributed by atoms with Crippen LogP contribution in [0.1, 0.15) is 19.3 Å². The zero-order chi connectivity index (χ0) is 21.6. The van der Waals surface area contributed by atoms with Crippen molar-refractivity contribution in [3.63, 3.8) is 0 Å². The molecule has 2 atom stereocenters. The summed E-state index contributed by atoms with van der Waals surface area (Å²) >= 11 is 0. The Morgan fingerprint density at radius 1 is 1.17 bits per heavy atom. The summed E-state index contributed by atoms with van der Waals surface area (Å²) in [4.78, 5) is 28.3. The van der Waals surface area contributed by atoms with Crippen molar-refractivity contribution in [2.24, 2.45) is 0 Å². The molecule has 2 aromatic heterocycles. The van der Waals surface area contributed by atoms with E-state index in [9.17, 15) is 13.2 Å². The summed E-state index contributed by atoms with van der Waals surface area (Å²) in [5.41, 5.74) is -0.121. The normalized spacial score (nSPS) is 23.6. The number of ether oxygens (including phenoxy) is 1. The van der Waals surface area contributed by atoms with Crippen LogP contribution >= 0.6 is 0 Å². The van der Waals surface area contributed by atoms with Gasteiger partial charge in [-0.25, -0.2) is 24.7 Å². The third-order valence-electron chi connectivity index (χ3n) is 4.73. The first-order valence-corrected chi connectivity index (χ1v) is 9.27. The van der Waals surface area contributed by atoms with Crippen molar-refractivity contribution in [1.82, 2.24) is 19.9 Å². The van der Waals surface area contributed by atoms with Crippen LogP contribution in [0.4, 0.5) is 25.1 Å². The van der Waals surface area contributed by atoms with Crippen molar-refractivity contribution in [1.29, 1.82) is 0 Å². The predicted octanol–water partition coefficient (Wildman–Crippen LogP) is 2.14. The molecule has 0 aliphatic carbocycles. The lowest BCUT2D eigenvalue weighted by atomic mass is 9.89. The van der Waals surface area contributed by atoms with E-state index in [1.54, 1.807) is 24.8 Å². The number of anilines is 2. The Hall–Kier alpha value is -3.02. The van der Waals surface area contributed by atoms with Crippen LogP contribution in [0.15, 0.2) is 36.9 Å². The van der Waals surface area contributed by atoms with E-state index in [0.717, 1.165) is 38.3 Å². The molecule has 0 bridgehead atoms. The molecule has 2 aliphatic heterocycles. The Bertz CT molecular complexity index is 827. The van der Waals surface area contributed by atoms with Crippen LogP contribution in [0, 0.1) is 0 Å². The molecule has 9 nitrogen and oxygen atoms in total. The fraction of sp³-hybridized carbons (Fsp3) is 0.500. The van der Waals surface area contributed by atoms with Gasteiger partial charge in [-0.2, -0.15) is 13.2 Å². The molecule has 162 valence electrons. The zero-order valence-electron chi connectivity index (χ0n) is 15.9. The van der Waals surface area contributed by atoms with Gasteiger partial charge in [0.25, 0.3) is 0 Å². The first kappa shape index (κ1) is 21.7. The van der Waals surface area contributed by atoms with Crippen molar-refractivity contribution >= 4 is 17.9 Å². The van der Waals surface area contributed by atoms with Crippen molar-refractivity contribution in [3.05, 3.63) is 36.9 Å². The van der Waals surface area contributed by atoms with Gasteiger partial charge in [0.2, 0.25) is 11.9 Å². The Morgan fingerprint density at radius 3 is 2.37 bits per heavy atom. The third-order valence-corrected chi connectivity index (χ3v) is 4.73. The predicted molar refractivity (Wildman–Crippen MR) is 99.9 cm³/mol. The van der Waals surface area contributed by atoms with E-state index < -0.39 is 12.1 Å². The summed E-state index contributed by atoms with van der Waals surface area (Å²) < 4.78 is 37.9. The number of aromatic nitrogens is 4. The number of carbonyl (C=O) groups is 1. The van der Waals surface area contributed by atoms with E-state index in [1.165, 1.54) is 0 Å². The number of carboxylic acid groups (broad SMARTS) is 1. The van der Waals surface area contributed by atoms with Crippen LogP contribution in [0.25, 0.3) is 0 Å². The van der Waals surface area contributed by atoms with Crippen LogP contribution in [-0.2, 0) is 9.53 Å². The molecule has 4 rings (SSSR count). The van der Waals surface area contributed by atoms with E-state index in [0.29, 0.717) is 12.6 Å². The number of hydrogen-bond donors (Lipinski definition) is 2. The molecule has 0 aromatic carbocycles. The molecule has 12 heteroatoms. The first-order valence-electron chi connectivity index (χ1n) is 9.27. The van der Waals surface area contributed by atoms with E-state index in [-0.39, 0.29) is 11.6 Å². The maximum absolute atomic E-state index is 10.6. The summed E-state index contributed by atoms with van der Waals surface area (Å²) in [5, 5.41) is 10.5. The first-order chi connectivity index (χ1) is 14.3. The van der Waals surface area contributed by atoms with E-state index >= 15 is 0 Å². The number of hydrogen-bond acceptors (Lipinski definition) is 8. The highest BCUT2D eigenvalue weighted by atomic mass is 19.4. The Labute approximate surface area is 170 Å². The maximum atomic E-state index is 10.6. The summed E-state index contributed by atoms with van der Waals surface area (Å²) in [6, 6.07) is 3.90. The van der Waals surface area contributed by atoms with Gasteiger partial charge in [-0.05, 0) is 25.0 Å². The summed E-state index contributed by atoms with van der Waals surface area (Å²) in [6.07, 6.45) is 5.10. The van der Waals surface area contributed by atoms with Gasteiger partial charge >= 0.3 is 12.1 Å². The molecule has 1 spiro atoms. The zero-order valence-corrected chi connectivity index (χ0v) is 15.9. The Balaban J connectivity index is 0.000000318. The molecule has 0 radical (unpaired) electrons. The highest BCUT2D eigenvalue weighted by molar-refractivity contribution is 5.73. The number of aliphatic carboxylic acids is 1. The second-order valence-corrected chi connectivity index (χ2v) is 6.99. The number of halogens is 3. The molecule has 4 heterocycles. The maximum Gasteiger partial charge on any atom is 0.490 e. The molecule has 2 N–H and O–H groups in total. The Morgan fingerprint density at radius 2 is 1.77 bits per heavy atom. The average molecular weight is 426 g/mol. The minimum Gasteiger partial charge on any atom is -0.475 e. The highest BCUT2D eigenvalue weighted by Gasteiger charge is 2.44. The van der Waals surface area contributed by atoms with Crippen LogP contribution < -0.4 is 10.2 Å². The summed E-state index contributed by atoms with van der Waals surface area (Å²) in [6.45, 7) is 2.50. The van der Waals surface area contributed by atoms with Gasteiger partial charge in [0.05, 0.1) is 18.2 Å². The van der Waals surface area contributed by atoms with Gasteiger partial charge in [-0.1, -0.05) is 0 Å². The van der Waals surface area contributed by atoms with Gasteiger partial charge in [0.15, 0.2) is 0 Å². The van der Waals surface area contributed by atoms with Crippen molar-refractivity contribution in [3.8, 4) is 0 Å². The van der Waals surface area contributed by atoms with Crippen molar-refractivity contribution in [2.75, 3.05) is 29.9 Å². The smallest absolute Gasteiger partial charge is 0.475 e.